The van der Waals surface area contributed by atoms with Crippen LogP contribution in [-0.2, 0) is 11.2 Å². The van der Waals surface area contributed by atoms with Crippen molar-refractivity contribution >= 4 is 11.6 Å². The van der Waals surface area contributed by atoms with Gasteiger partial charge in [0.1, 0.15) is 0 Å². The van der Waals surface area contributed by atoms with Gasteiger partial charge in [-0.05, 0) is 36.6 Å². The van der Waals surface area contributed by atoms with E-state index < -0.39 is 5.41 Å². The third-order valence-corrected chi connectivity index (χ3v) is 3.78. The van der Waals surface area contributed by atoms with E-state index in [1.807, 2.05) is 26.8 Å². The Morgan fingerprint density at radius 1 is 1.05 bits per heavy atom. The highest BCUT2D eigenvalue weighted by Crippen LogP contribution is 2.31. The number of hydrogen-bond donors (Lipinski definition) is 1. The third-order valence-electron chi connectivity index (χ3n) is 3.78. The molecule has 0 heterocycles. The third kappa shape index (κ3) is 3.76. The summed E-state index contributed by atoms with van der Waals surface area (Å²) in [4.78, 5) is 12.3. The van der Waals surface area contributed by atoms with Gasteiger partial charge in [0.05, 0.1) is 0 Å². The number of hydrogen-bond acceptors (Lipinski definition) is 1. The molecule has 0 aromatic heterocycles. The van der Waals surface area contributed by atoms with E-state index in [4.69, 9.17) is 0 Å². The second-order valence-electron chi connectivity index (χ2n) is 6.80. The molecule has 0 fully saturated rings. The lowest BCUT2D eigenvalue weighted by atomic mass is 9.94. The monoisotopic (exact) mass is 295 g/mol. The number of carbonyl (C=O) groups excluding carboxylic acids is 1. The molecule has 0 aliphatic heterocycles. The van der Waals surface area contributed by atoms with Crippen LogP contribution in [0.4, 0.5) is 5.69 Å². The van der Waals surface area contributed by atoms with Crippen molar-refractivity contribution in [1.29, 1.82) is 0 Å². The van der Waals surface area contributed by atoms with Crippen LogP contribution in [0.1, 0.15) is 38.8 Å². The van der Waals surface area contributed by atoms with Crippen molar-refractivity contribution in [2.75, 3.05) is 5.32 Å². The maximum absolute atomic E-state index is 12.3. The number of anilines is 1. The van der Waals surface area contributed by atoms with Crippen molar-refractivity contribution in [2.45, 2.75) is 41.0 Å². The molecule has 0 saturated carbocycles. The summed E-state index contributed by atoms with van der Waals surface area (Å²) in [5, 5.41) is 3.08. The molecular formula is C20H25NO. The molecule has 2 rings (SSSR count). The summed E-state index contributed by atoms with van der Waals surface area (Å²) in [7, 11) is 0. The Labute approximate surface area is 133 Å². The van der Waals surface area contributed by atoms with Crippen LogP contribution in [0.5, 0.6) is 0 Å². The molecule has 116 valence electrons. The fraction of sp³-hybridized carbons (Fsp3) is 0.350. The standard InChI is InChI=1S/C20H25NO/c1-6-15-9-12-18(21-19(22)20(3,4)5)17(13-15)16-10-7-14(2)8-11-16/h7-13H,6H2,1-5H3,(H,21,22). The maximum atomic E-state index is 12.3. The molecule has 22 heavy (non-hydrogen) atoms. The highest BCUT2D eigenvalue weighted by atomic mass is 16.2. The van der Waals surface area contributed by atoms with Gasteiger partial charge in [-0.25, -0.2) is 0 Å². The molecule has 2 heteroatoms. The minimum atomic E-state index is -0.409. The summed E-state index contributed by atoms with van der Waals surface area (Å²) in [6.45, 7) is 9.99. The lowest BCUT2D eigenvalue weighted by Crippen LogP contribution is -2.27. The van der Waals surface area contributed by atoms with Gasteiger partial charge in [0.25, 0.3) is 0 Å². The second kappa shape index (κ2) is 6.35. The van der Waals surface area contributed by atoms with Crippen LogP contribution in [-0.4, -0.2) is 5.91 Å². The predicted molar refractivity (Wildman–Crippen MR) is 94.1 cm³/mol. The minimum Gasteiger partial charge on any atom is -0.325 e. The summed E-state index contributed by atoms with van der Waals surface area (Å²) >= 11 is 0. The van der Waals surface area contributed by atoms with Crippen molar-refractivity contribution in [2.24, 2.45) is 5.41 Å². The summed E-state index contributed by atoms with van der Waals surface area (Å²) in [5.74, 6) is 0.0325. The van der Waals surface area contributed by atoms with Gasteiger partial charge in [-0.15, -0.1) is 0 Å². The average molecular weight is 295 g/mol. The van der Waals surface area contributed by atoms with Gasteiger partial charge in [0, 0.05) is 16.7 Å². The van der Waals surface area contributed by atoms with Crippen LogP contribution in [0.25, 0.3) is 11.1 Å². The van der Waals surface area contributed by atoms with E-state index in [1.165, 1.54) is 11.1 Å². The second-order valence-corrected chi connectivity index (χ2v) is 6.80. The van der Waals surface area contributed by atoms with Crippen molar-refractivity contribution < 1.29 is 4.79 Å². The zero-order chi connectivity index (χ0) is 16.3. The topological polar surface area (TPSA) is 29.1 Å². The molecule has 0 aliphatic carbocycles. The Kier molecular flexibility index (Phi) is 4.70. The largest absolute Gasteiger partial charge is 0.325 e. The van der Waals surface area contributed by atoms with Gasteiger partial charge in [0.15, 0.2) is 0 Å². The fourth-order valence-corrected chi connectivity index (χ4v) is 2.20. The van der Waals surface area contributed by atoms with Gasteiger partial charge in [0.2, 0.25) is 5.91 Å². The first-order valence-corrected chi connectivity index (χ1v) is 7.82. The lowest BCUT2D eigenvalue weighted by molar-refractivity contribution is -0.123. The van der Waals surface area contributed by atoms with Crippen LogP contribution in [0.15, 0.2) is 42.5 Å². The quantitative estimate of drug-likeness (QED) is 0.827. The van der Waals surface area contributed by atoms with Gasteiger partial charge >= 0.3 is 0 Å². The summed E-state index contributed by atoms with van der Waals surface area (Å²) in [5.41, 5.74) is 5.18. The maximum Gasteiger partial charge on any atom is 0.229 e. The molecule has 0 radical (unpaired) electrons. The predicted octanol–water partition coefficient (Wildman–Crippen LogP) is 5.21. The van der Waals surface area contributed by atoms with E-state index in [1.54, 1.807) is 0 Å². The smallest absolute Gasteiger partial charge is 0.229 e. The molecule has 2 nitrogen and oxygen atoms in total. The Balaban J connectivity index is 2.45. The fourth-order valence-electron chi connectivity index (χ4n) is 2.20. The van der Waals surface area contributed by atoms with E-state index in [2.05, 4.69) is 55.6 Å². The molecule has 0 unspecified atom stereocenters. The Bertz CT molecular complexity index is 663. The Morgan fingerprint density at radius 3 is 2.23 bits per heavy atom. The molecule has 0 saturated heterocycles. The van der Waals surface area contributed by atoms with Crippen molar-refractivity contribution in [3.63, 3.8) is 0 Å². The van der Waals surface area contributed by atoms with Crippen LogP contribution in [0.2, 0.25) is 0 Å². The summed E-state index contributed by atoms with van der Waals surface area (Å²) in [6, 6.07) is 14.7. The number of rotatable bonds is 3. The molecular weight excluding hydrogens is 270 g/mol. The van der Waals surface area contributed by atoms with E-state index in [9.17, 15) is 4.79 Å². The number of aryl methyl sites for hydroxylation is 2. The molecule has 1 N–H and O–H groups in total. The zero-order valence-corrected chi connectivity index (χ0v) is 14.2. The van der Waals surface area contributed by atoms with Crippen LogP contribution in [0.3, 0.4) is 0 Å². The first kappa shape index (κ1) is 16.3. The molecule has 0 bridgehead atoms. The number of benzene rings is 2. The Hall–Kier alpha value is -2.09. The van der Waals surface area contributed by atoms with Gasteiger partial charge in [-0.2, -0.15) is 0 Å². The SMILES string of the molecule is CCc1ccc(NC(=O)C(C)(C)C)c(-c2ccc(C)cc2)c1. The molecule has 2 aromatic rings. The minimum absolute atomic E-state index is 0.0325. The molecule has 2 aromatic carbocycles. The lowest BCUT2D eigenvalue weighted by Gasteiger charge is -2.20. The first-order valence-electron chi connectivity index (χ1n) is 7.82. The molecule has 0 spiro atoms. The van der Waals surface area contributed by atoms with Crippen molar-refractivity contribution in [1.82, 2.24) is 0 Å². The van der Waals surface area contributed by atoms with Crippen molar-refractivity contribution in [3.05, 3.63) is 53.6 Å². The number of amides is 1. The zero-order valence-electron chi connectivity index (χ0n) is 14.2. The molecule has 0 aliphatic rings. The average Bonchev–Trinajstić information content (AvgIpc) is 2.47. The van der Waals surface area contributed by atoms with E-state index in [0.29, 0.717) is 0 Å². The van der Waals surface area contributed by atoms with Gasteiger partial charge < -0.3 is 5.32 Å². The van der Waals surface area contributed by atoms with Crippen LogP contribution >= 0.6 is 0 Å². The number of carbonyl (C=O) groups is 1. The summed E-state index contributed by atoms with van der Waals surface area (Å²) < 4.78 is 0. The van der Waals surface area contributed by atoms with E-state index >= 15 is 0 Å². The van der Waals surface area contributed by atoms with E-state index in [0.717, 1.165) is 23.2 Å². The van der Waals surface area contributed by atoms with Crippen LogP contribution < -0.4 is 5.32 Å². The molecule has 1 amide bonds. The van der Waals surface area contributed by atoms with Gasteiger partial charge in [-0.1, -0.05) is 63.6 Å². The van der Waals surface area contributed by atoms with Gasteiger partial charge in [-0.3, -0.25) is 4.79 Å². The highest BCUT2D eigenvalue weighted by molar-refractivity contribution is 5.98. The number of nitrogens with one attached hydrogen (secondary N) is 1. The highest BCUT2D eigenvalue weighted by Gasteiger charge is 2.22. The Morgan fingerprint density at radius 2 is 1.68 bits per heavy atom. The normalized spacial score (nSPS) is 11.3. The van der Waals surface area contributed by atoms with Crippen LogP contribution in [0, 0.1) is 12.3 Å². The van der Waals surface area contributed by atoms with Crippen molar-refractivity contribution in [3.8, 4) is 11.1 Å². The summed E-state index contributed by atoms with van der Waals surface area (Å²) in [6.07, 6.45) is 0.979. The molecule has 0 atom stereocenters. The first-order chi connectivity index (χ1) is 10.3. The van der Waals surface area contributed by atoms with E-state index in [-0.39, 0.29) is 5.91 Å².